The second-order valence-corrected chi connectivity index (χ2v) is 10.3. The van der Waals surface area contributed by atoms with Crippen molar-refractivity contribution >= 4 is 34.4 Å². The van der Waals surface area contributed by atoms with Crippen LogP contribution >= 0.6 is 0 Å². The number of nitrogens with zero attached hydrogens (tertiary/aromatic N) is 3. The molecule has 7 nitrogen and oxygen atoms in total. The number of piperazine rings is 1. The smallest absolute Gasteiger partial charge is 0.219 e. The van der Waals surface area contributed by atoms with Crippen molar-refractivity contribution in [2.45, 2.75) is 45.7 Å². The molecule has 0 radical (unpaired) electrons. The zero-order chi connectivity index (χ0) is 27.1. The Morgan fingerprint density at radius 1 is 1.13 bits per heavy atom. The molecule has 8 heteroatoms. The van der Waals surface area contributed by atoms with E-state index in [0.29, 0.717) is 25.2 Å². The third-order valence-corrected chi connectivity index (χ3v) is 7.46. The van der Waals surface area contributed by atoms with Gasteiger partial charge in [0.05, 0.1) is 23.6 Å². The summed E-state index contributed by atoms with van der Waals surface area (Å²) in [6, 6.07) is 8.94. The van der Waals surface area contributed by atoms with Gasteiger partial charge >= 0.3 is 0 Å². The molecule has 198 valence electrons. The number of carbonyl (C=O) groups is 2. The number of amides is 1. The van der Waals surface area contributed by atoms with Crippen molar-refractivity contribution in [3.8, 4) is 5.75 Å². The molecule has 0 spiro atoms. The van der Waals surface area contributed by atoms with Gasteiger partial charge in [0, 0.05) is 44.8 Å². The van der Waals surface area contributed by atoms with Crippen LogP contribution in [0.2, 0.25) is 0 Å². The Bertz CT molecular complexity index is 1500. The predicted octanol–water partition coefficient (Wildman–Crippen LogP) is 4.75. The Morgan fingerprint density at radius 2 is 1.84 bits per heavy atom. The highest BCUT2D eigenvalue weighted by atomic mass is 19.1. The molecule has 1 saturated heterocycles. The normalized spacial score (nSPS) is 17.9. The fraction of sp³-hybridized carbons (Fsp3) is 0.367. The van der Waals surface area contributed by atoms with Gasteiger partial charge in [-0.15, -0.1) is 0 Å². The molecule has 3 aromatic rings. The molecule has 2 aliphatic rings. The van der Waals surface area contributed by atoms with E-state index in [1.807, 2.05) is 47.6 Å². The number of fused-ring (bicyclic) bond motifs is 1. The molecule has 1 unspecified atom stereocenters. The molecule has 0 bridgehead atoms. The zero-order valence-electron chi connectivity index (χ0n) is 22.2. The number of halogens is 1. The molecular formula is C30H32FN3O4. The molecule has 1 aliphatic heterocycles. The van der Waals surface area contributed by atoms with Crippen LogP contribution < -0.4 is 15.1 Å². The average Bonchev–Trinajstić information content (AvgIpc) is 3.73. The number of ketones is 1. The van der Waals surface area contributed by atoms with Gasteiger partial charge in [-0.1, -0.05) is 35.9 Å². The Labute approximate surface area is 221 Å². The van der Waals surface area contributed by atoms with Crippen LogP contribution in [0.1, 0.15) is 54.2 Å². The van der Waals surface area contributed by atoms with Gasteiger partial charge in [-0.25, -0.2) is 4.39 Å². The second-order valence-electron chi connectivity index (χ2n) is 10.3. The second kappa shape index (κ2) is 10.1. The van der Waals surface area contributed by atoms with E-state index in [1.54, 1.807) is 17.2 Å². The molecule has 1 aliphatic carbocycles. The summed E-state index contributed by atoms with van der Waals surface area (Å²) < 4.78 is 23.4. The van der Waals surface area contributed by atoms with Crippen molar-refractivity contribution in [3.63, 3.8) is 0 Å². The summed E-state index contributed by atoms with van der Waals surface area (Å²) in [6.07, 6.45) is 6.47. The number of benzene rings is 2. The van der Waals surface area contributed by atoms with E-state index in [-0.39, 0.29) is 40.4 Å². The SMILES string of the molecule is COc1c(N2CCN(C(C)=O)C(C)C2)c(F)cc2c(=O)c(C(=O)C=Cc3ccc(C)cc3)cn(C3CC3)c12. The van der Waals surface area contributed by atoms with Crippen molar-refractivity contribution in [2.24, 2.45) is 0 Å². The van der Waals surface area contributed by atoms with E-state index in [9.17, 15) is 14.4 Å². The number of ether oxygens (including phenoxy) is 1. The fourth-order valence-electron chi connectivity index (χ4n) is 5.32. The Balaban J connectivity index is 1.60. The topological polar surface area (TPSA) is 71.8 Å². The lowest BCUT2D eigenvalue weighted by Gasteiger charge is -2.41. The average molecular weight is 518 g/mol. The van der Waals surface area contributed by atoms with Crippen LogP contribution in [-0.4, -0.2) is 53.9 Å². The quantitative estimate of drug-likeness (QED) is 0.349. The third-order valence-electron chi connectivity index (χ3n) is 7.46. The molecular weight excluding hydrogens is 485 g/mol. The first-order chi connectivity index (χ1) is 18.2. The van der Waals surface area contributed by atoms with Gasteiger partial charge in [0.2, 0.25) is 11.3 Å². The van der Waals surface area contributed by atoms with Crippen LogP contribution in [0, 0.1) is 12.7 Å². The third kappa shape index (κ3) is 4.71. The maximum Gasteiger partial charge on any atom is 0.219 e. The summed E-state index contributed by atoms with van der Waals surface area (Å²) in [5, 5.41) is 0.125. The van der Waals surface area contributed by atoms with E-state index in [4.69, 9.17) is 4.74 Å². The van der Waals surface area contributed by atoms with Gasteiger partial charge < -0.3 is 19.1 Å². The first-order valence-corrected chi connectivity index (χ1v) is 13.0. The maximum atomic E-state index is 15.7. The summed E-state index contributed by atoms with van der Waals surface area (Å²) in [6.45, 7) is 6.80. The van der Waals surface area contributed by atoms with Gasteiger partial charge in [-0.2, -0.15) is 0 Å². The Hall–Kier alpha value is -3.94. The van der Waals surface area contributed by atoms with Crippen molar-refractivity contribution in [1.29, 1.82) is 0 Å². The monoisotopic (exact) mass is 517 g/mol. The molecule has 2 fully saturated rings. The lowest BCUT2D eigenvalue weighted by molar-refractivity contribution is -0.131. The number of anilines is 1. The minimum absolute atomic E-state index is 0.00524. The van der Waals surface area contributed by atoms with Crippen LogP contribution in [-0.2, 0) is 4.79 Å². The summed E-state index contributed by atoms with van der Waals surface area (Å²) in [4.78, 5) is 42.3. The summed E-state index contributed by atoms with van der Waals surface area (Å²) in [7, 11) is 1.47. The summed E-state index contributed by atoms with van der Waals surface area (Å²) >= 11 is 0. The molecule has 1 saturated carbocycles. The van der Waals surface area contributed by atoms with Crippen molar-refractivity contribution in [1.82, 2.24) is 9.47 Å². The minimum Gasteiger partial charge on any atom is -0.492 e. The van der Waals surface area contributed by atoms with E-state index in [2.05, 4.69) is 0 Å². The highest BCUT2D eigenvalue weighted by molar-refractivity contribution is 6.08. The van der Waals surface area contributed by atoms with Gasteiger partial charge in [0.25, 0.3) is 0 Å². The van der Waals surface area contributed by atoms with E-state index in [0.717, 1.165) is 24.0 Å². The number of carbonyl (C=O) groups excluding carboxylic acids is 2. The van der Waals surface area contributed by atoms with Gasteiger partial charge in [-0.05, 0) is 44.4 Å². The largest absolute Gasteiger partial charge is 0.492 e. The lowest BCUT2D eigenvalue weighted by Crippen LogP contribution is -2.53. The zero-order valence-corrected chi connectivity index (χ0v) is 22.2. The molecule has 0 N–H and O–H groups in total. The van der Waals surface area contributed by atoms with Crippen molar-refractivity contribution in [3.05, 3.63) is 75.3 Å². The Morgan fingerprint density at radius 3 is 2.45 bits per heavy atom. The number of pyridine rings is 1. The van der Waals surface area contributed by atoms with Gasteiger partial charge in [-0.3, -0.25) is 14.4 Å². The summed E-state index contributed by atoms with van der Waals surface area (Å²) in [5.41, 5.74) is 2.23. The minimum atomic E-state index is -0.586. The van der Waals surface area contributed by atoms with E-state index < -0.39 is 17.0 Å². The van der Waals surface area contributed by atoms with Crippen LogP contribution in [0.5, 0.6) is 5.75 Å². The van der Waals surface area contributed by atoms with Gasteiger partial charge in [0.15, 0.2) is 17.3 Å². The van der Waals surface area contributed by atoms with Crippen LogP contribution in [0.15, 0.2) is 47.4 Å². The highest BCUT2D eigenvalue weighted by Gasteiger charge is 2.33. The van der Waals surface area contributed by atoms with Crippen LogP contribution in [0.25, 0.3) is 17.0 Å². The van der Waals surface area contributed by atoms with Crippen LogP contribution in [0.3, 0.4) is 0 Å². The number of aromatic nitrogens is 1. The molecule has 2 heterocycles. The first kappa shape index (κ1) is 25.7. The molecule has 1 atom stereocenters. The van der Waals surface area contributed by atoms with Gasteiger partial charge in [0.1, 0.15) is 5.69 Å². The van der Waals surface area contributed by atoms with Crippen LogP contribution in [0.4, 0.5) is 10.1 Å². The Kier molecular flexibility index (Phi) is 6.82. The lowest BCUT2D eigenvalue weighted by atomic mass is 10.0. The highest BCUT2D eigenvalue weighted by Crippen LogP contribution is 2.44. The number of rotatable bonds is 6. The fourth-order valence-corrected chi connectivity index (χ4v) is 5.32. The predicted molar refractivity (Wildman–Crippen MR) is 147 cm³/mol. The maximum absolute atomic E-state index is 15.7. The molecule has 1 aromatic heterocycles. The number of hydrogen-bond donors (Lipinski definition) is 0. The standard InChI is InChI=1S/C30H32FN3O4/c1-18-5-7-21(8-6-18)9-12-26(36)24-17-34(22-10-11-22)27-23(29(24)37)15-25(31)28(30(27)38-4)32-13-14-33(20(3)35)19(2)16-32/h5-9,12,15,17,19,22H,10-11,13-14,16H2,1-4H3. The molecule has 38 heavy (non-hydrogen) atoms. The van der Waals surface area contributed by atoms with Crippen molar-refractivity contribution in [2.75, 3.05) is 31.6 Å². The number of methoxy groups -OCH3 is 1. The number of aryl methyl sites for hydroxylation is 1. The molecule has 1 amide bonds. The summed E-state index contributed by atoms with van der Waals surface area (Å²) in [5.74, 6) is -0.748. The molecule has 2 aromatic carbocycles. The molecule has 5 rings (SSSR count). The first-order valence-electron chi connectivity index (χ1n) is 13.0. The number of hydrogen-bond acceptors (Lipinski definition) is 5. The number of allylic oxidation sites excluding steroid dienone is 1. The van der Waals surface area contributed by atoms with E-state index >= 15 is 4.39 Å². The van der Waals surface area contributed by atoms with Crippen molar-refractivity contribution < 1.29 is 18.7 Å². The van der Waals surface area contributed by atoms with E-state index in [1.165, 1.54) is 26.2 Å².